The maximum Gasteiger partial charge on any atom is 0.251 e. The number of nitrogens with one attached hydrogen (secondary N) is 2. The highest BCUT2D eigenvalue weighted by molar-refractivity contribution is 9.10. The number of hydrogen-bond donors (Lipinski definition) is 2. The molecule has 2 rings (SSSR count). The summed E-state index contributed by atoms with van der Waals surface area (Å²) < 4.78 is 13.8. The van der Waals surface area contributed by atoms with Gasteiger partial charge in [0.2, 0.25) is 0 Å². The van der Waals surface area contributed by atoms with E-state index in [-0.39, 0.29) is 11.3 Å². The molecule has 104 valence electrons. The van der Waals surface area contributed by atoms with Crippen molar-refractivity contribution in [2.75, 3.05) is 19.6 Å². The van der Waals surface area contributed by atoms with Crippen LogP contribution in [0.3, 0.4) is 0 Å². The molecule has 0 saturated carbocycles. The van der Waals surface area contributed by atoms with Crippen LogP contribution in [0.15, 0.2) is 22.7 Å². The highest BCUT2D eigenvalue weighted by atomic mass is 79.9. The fraction of sp³-hybridized carbons (Fsp3) is 0.500. The predicted octanol–water partition coefficient (Wildman–Crippen LogP) is 2.71. The van der Waals surface area contributed by atoms with Crippen molar-refractivity contribution in [1.29, 1.82) is 0 Å². The summed E-state index contributed by atoms with van der Waals surface area (Å²) in [5, 5.41) is 6.22. The molecule has 2 N–H and O–H groups in total. The Hall–Kier alpha value is -0.940. The summed E-state index contributed by atoms with van der Waals surface area (Å²) in [5.41, 5.74) is 0.482. The molecule has 0 aliphatic carbocycles. The van der Waals surface area contributed by atoms with Gasteiger partial charge in [0.1, 0.15) is 5.82 Å². The van der Waals surface area contributed by atoms with E-state index in [1.165, 1.54) is 12.1 Å². The molecule has 1 heterocycles. The SMILES string of the molecule is CC1(CNC(=O)c2cc(F)cc(Br)c2)CCNCC1. The first-order valence-corrected chi connectivity index (χ1v) is 7.23. The molecule has 0 aromatic heterocycles. The van der Waals surface area contributed by atoms with E-state index in [1.807, 2.05) is 0 Å². The highest BCUT2D eigenvalue weighted by Gasteiger charge is 2.27. The third-order valence-electron chi connectivity index (χ3n) is 3.61. The number of amides is 1. The second kappa shape index (κ2) is 6.01. The molecule has 1 aromatic rings. The number of rotatable bonds is 3. The lowest BCUT2D eigenvalue weighted by atomic mass is 9.81. The van der Waals surface area contributed by atoms with Gasteiger partial charge in [-0.15, -0.1) is 0 Å². The minimum absolute atomic E-state index is 0.130. The lowest BCUT2D eigenvalue weighted by molar-refractivity contribution is 0.0921. The summed E-state index contributed by atoms with van der Waals surface area (Å²) in [6, 6.07) is 4.22. The molecule has 5 heteroatoms. The van der Waals surface area contributed by atoms with E-state index >= 15 is 0 Å². The second-order valence-electron chi connectivity index (χ2n) is 5.40. The van der Waals surface area contributed by atoms with Crippen molar-refractivity contribution in [3.05, 3.63) is 34.1 Å². The van der Waals surface area contributed by atoms with Crippen LogP contribution in [-0.4, -0.2) is 25.5 Å². The van der Waals surface area contributed by atoms with E-state index in [4.69, 9.17) is 0 Å². The number of carbonyl (C=O) groups is 1. The van der Waals surface area contributed by atoms with Crippen molar-refractivity contribution in [2.45, 2.75) is 19.8 Å². The maximum absolute atomic E-state index is 13.2. The zero-order chi connectivity index (χ0) is 13.9. The summed E-state index contributed by atoms with van der Waals surface area (Å²) >= 11 is 3.19. The van der Waals surface area contributed by atoms with Gasteiger partial charge in [-0.25, -0.2) is 4.39 Å². The van der Waals surface area contributed by atoms with Crippen LogP contribution in [-0.2, 0) is 0 Å². The van der Waals surface area contributed by atoms with Crippen LogP contribution in [0, 0.1) is 11.2 Å². The standard InChI is InChI=1S/C14H18BrFN2O/c1-14(2-4-17-5-3-14)9-18-13(19)10-6-11(15)8-12(16)7-10/h6-8,17H,2-5,9H2,1H3,(H,18,19). The van der Waals surface area contributed by atoms with Crippen molar-refractivity contribution in [3.63, 3.8) is 0 Å². The van der Waals surface area contributed by atoms with Crippen molar-refractivity contribution in [2.24, 2.45) is 5.41 Å². The van der Waals surface area contributed by atoms with Gasteiger partial charge in [0, 0.05) is 16.6 Å². The monoisotopic (exact) mass is 328 g/mol. The number of piperidine rings is 1. The minimum atomic E-state index is -0.410. The molecule has 0 unspecified atom stereocenters. The molecule has 0 atom stereocenters. The topological polar surface area (TPSA) is 41.1 Å². The molecule has 1 fully saturated rings. The Balaban J connectivity index is 1.97. The van der Waals surface area contributed by atoms with Gasteiger partial charge < -0.3 is 10.6 Å². The molecule has 3 nitrogen and oxygen atoms in total. The predicted molar refractivity (Wildman–Crippen MR) is 76.6 cm³/mol. The Morgan fingerprint density at radius 3 is 2.74 bits per heavy atom. The molecule has 19 heavy (non-hydrogen) atoms. The van der Waals surface area contributed by atoms with E-state index < -0.39 is 5.82 Å². The summed E-state index contributed by atoms with van der Waals surface area (Å²) in [4.78, 5) is 12.0. The molecule has 0 bridgehead atoms. The minimum Gasteiger partial charge on any atom is -0.351 e. The first-order valence-electron chi connectivity index (χ1n) is 6.44. The Morgan fingerprint density at radius 2 is 2.11 bits per heavy atom. The van der Waals surface area contributed by atoms with Crippen molar-refractivity contribution >= 4 is 21.8 Å². The quantitative estimate of drug-likeness (QED) is 0.895. The summed E-state index contributed by atoms with van der Waals surface area (Å²) in [6.07, 6.45) is 2.08. The van der Waals surface area contributed by atoms with E-state index in [1.54, 1.807) is 6.07 Å². The van der Waals surface area contributed by atoms with Gasteiger partial charge in [0.15, 0.2) is 0 Å². The number of benzene rings is 1. The van der Waals surface area contributed by atoms with Crippen LogP contribution in [0.4, 0.5) is 4.39 Å². The van der Waals surface area contributed by atoms with Crippen molar-refractivity contribution < 1.29 is 9.18 Å². The number of halogens is 2. The average Bonchev–Trinajstić information content (AvgIpc) is 2.36. The Kier molecular flexibility index (Phi) is 4.58. The van der Waals surface area contributed by atoms with Crippen LogP contribution in [0.1, 0.15) is 30.1 Å². The Bertz CT molecular complexity index is 452. The van der Waals surface area contributed by atoms with Crippen LogP contribution >= 0.6 is 15.9 Å². The molecule has 0 radical (unpaired) electrons. The molecule has 1 aromatic carbocycles. The molecular weight excluding hydrogens is 311 g/mol. The van der Waals surface area contributed by atoms with E-state index in [0.717, 1.165) is 25.9 Å². The van der Waals surface area contributed by atoms with Gasteiger partial charge in [-0.3, -0.25) is 4.79 Å². The van der Waals surface area contributed by atoms with Gasteiger partial charge in [0.05, 0.1) is 0 Å². The van der Waals surface area contributed by atoms with Crippen LogP contribution in [0.25, 0.3) is 0 Å². The number of carbonyl (C=O) groups excluding carboxylic acids is 1. The fourth-order valence-electron chi connectivity index (χ4n) is 2.29. The van der Waals surface area contributed by atoms with Gasteiger partial charge in [-0.05, 0) is 49.5 Å². The third-order valence-corrected chi connectivity index (χ3v) is 4.07. The fourth-order valence-corrected chi connectivity index (χ4v) is 2.75. The van der Waals surface area contributed by atoms with Gasteiger partial charge in [-0.1, -0.05) is 22.9 Å². The van der Waals surface area contributed by atoms with Gasteiger partial charge >= 0.3 is 0 Å². The van der Waals surface area contributed by atoms with Crippen LogP contribution in [0.2, 0.25) is 0 Å². The first-order chi connectivity index (χ1) is 8.98. The summed E-state index contributed by atoms with van der Waals surface area (Å²) in [5.74, 6) is -0.632. The molecule has 1 amide bonds. The molecule has 0 spiro atoms. The maximum atomic E-state index is 13.2. The van der Waals surface area contributed by atoms with E-state index in [0.29, 0.717) is 16.6 Å². The van der Waals surface area contributed by atoms with Crippen LogP contribution < -0.4 is 10.6 Å². The zero-order valence-corrected chi connectivity index (χ0v) is 12.5. The third kappa shape index (κ3) is 4.01. The highest BCUT2D eigenvalue weighted by Crippen LogP contribution is 2.26. The second-order valence-corrected chi connectivity index (χ2v) is 6.32. The van der Waals surface area contributed by atoms with Crippen molar-refractivity contribution in [3.8, 4) is 0 Å². The molecule has 1 aliphatic heterocycles. The van der Waals surface area contributed by atoms with Gasteiger partial charge in [-0.2, -0.15) is 0 Å². The van der Waals surface area contributed by atoms with Crippen molar-refractivity contribution in [1.82, 2.24) is 10.6 Å². The molecule has 1 aliphatic rings. The molecule has 1 saturated heterocycles. The Labute approximate surface area is 121 Å². The summed E-state index contributed by atoms with van der Waals surface area (Å²) in [6.45, 7) is 4.77. The smallest absolute Gasteiger partial charge is 0.251 e. The lowest BCUT2D eigenvalue weighted by Crippen LogP contribution is -2.42. The van der Waals surface area contributed by atoms with E-state index in [2.05, 4.69) is 33.5 Å². The number of hydrogen-bond acceptors (Lipinski definition) is 2. The normalized spacial score (nSPS) is 18.1. The first kappa shape index (κ1) is 14.5. The molecular formula is C14H18BrFN2O. The lowest BCUT2D eigenvalue weighted by Gasteiger charge is -2.34. The average molecular weight is 329 g/mol. The largest absolute Gasteiger partial charge is 0.351 e. The summed E-state index contributed by atoms with van der Waals surface area (Å²) in [7, 11) is 0. The van der Waals surface area contributed by atoms with E-state index in [9.17, 15) is 9.18 Å². The van der Waals surface area contributed by atoms with Gasteiger partial charge in [0.25, 0.3) is 5.91 Å². The zero-order valence-electron chi connectivity index (χ0n) is 10.9. The van der Waals surface area contributed by atoms with Crippen LogP contribution in [0.5, 0.6) is 0 Å². The Morgan fingerprint density at radius 1 is 1.42 bits per heavy atom.